The Hall–Kier alpha value is -3.54. The van der Waals surface area contributed by atoms with Crippen LogP contribution in [0.2, 0.25) is 0 Å². The Bertz CT molecular complexity index is 1170. The summed E-state index contributed by atoms with van der Waals surface area (Å²) in [6.45, 7) is 0.0708. The van der Waals surface area contributed by atoms with Gasteiger partial charge in [-0.3, -0.25) is 5.32 Å². The van der Waals surface area contributed by atoms with Crippen molar-refractivity contribution >= 4 is 38.9 Å². The summed E-state index contributed by atoms with van der Waals surface area (Å²) < 4.78 is 9.89. The third kappa shape index (κ3) is 3.36. The molecule has 1 amide bonds. The molecule has 0 bridgehead atoms. The third-order valence-corrected chi connectivity index (χ3v) is 4.43. The van der Waals surface area contributed by atoms with Gasteiger partial charge in [0.2, 0.25) is 0 Å². The lowest BCUT2D eigenvalue weighted by Gasteiger charge is -2.09. The van der Waals surface area contributed by atoms with E-state index in [0.29, 0.717) is 17.2 Å². The molecule has 0 aliphatic heterocycles. The van der Waals surface area contributed by atoms with Gasteiger partial charge < -0.3 is 9.84 Å². The fourth-order valence-electron chi connectivity index (χ4n) is 2.63. The maximum Gasteiger partial charge on any atom is 0.410 e. The Morgan fingerprint density at radius 2 is 2.07 bits per heavy atom. The second-order valence-electron chi connectivity index (χ2n) is 5.67. The fourth-order valence-corrected chi connectivity index (χ4v) is 3.07. The molecule has 12 heteroatoms. The van der Waals surface area contributed by atoms with Crippen molar-refractivity contribution in [3.05, 3.63) is 46.6 Å². The molecule has 0 fully saturated rings. The van der Waals surface area contributed by atoms with Crippen molar-refractivity contribution in [1.29, 1.82) is 0 Å². The van der Waals surface area contributed by atoms with Crippen LogP contribution in [0.25, 0.3) is 17.0 Å². The summed E-state index contributed by atoms with van der Waals surface area (Å²) >= 11 is 3.49. The van der Waals surface area contributed by atoms with Gasteiger partial charge in [-0.15, -0.1) is 0 Å². The van der Waals surface area contributed by atoms with Crippen molar-refractivity contribution in [1.82, 2.24) is 34.7 Å². The van der Waals surface area contributed by atoms with Gasteiger partial charge in [-0.25, -0.2) is 19.0 Å². The lowest BCUT2D eigenvalue weighted by molar-refractivity contribution is 0.209. The number of hydrogen-bond acceptors (Lipinski definition) is 7. The SMILES string of the molecule is Cn1nnnc1-n1c(OCc2cccc(NC(=O)O)n2)nc2c(Br)cccc21. The van der Waals surface area contributed by atoms with Crippen LogP contribution < -0.4 is 10.1 Å². The van der Waals surface area contributed by atoms with Crippen LogP contribution in [-0.2, 0) is 13.7 Å². The predicted octanol–water partition coefficient (Wildman–Crippen LogP) is 2.38. The number of amides is 1. The van der Waals surface area contributed by atoms with Crippen LogP contribution in [0, 0.1) is 0 Å². The molecular formula is C16H13BrN8O3. The van der Waals surface area contributed by atoms with Gasteiger partial charge in [-0.05, 0) is 50.6 Å². The maximum absolute atomic E-state index is 10.8. The van der Waals surface area contributed by atoms with E-state index in [9.17, 15) is 4.79 Å². The van der Waals surface area contributed by atoms with Crippen molar-refractivity contribution in [2.75, 3.05) is 5.32 Å². The molecule has 0 atom stereocenters. The summed E-state index contributed by atoms with van der Waals surface area (Å²) in [6, 6.07) is 10.9. The monoisotopic (exact) mass is 444 g/mol. The number of rotatable bonds is 5. The van der Waals surface area contributed by atoms with E-state index in [1.165, 1.54) is 4.68 Å². The quantitative estimate of drug-likeness (QED) is 0.479. The van der Waals surface area contributed by atoms with Gasteiger partial charge in [0.15, 0.2) is 0 Å². The largest absolute Gasteiger partial charge is 0.465 e. The molecule has 0 aliphatic carbocycles. The summed E-state index contributed by atoms with van der Waals surface area (Å²) in [7, 11) is 1.71. The summed E-state index contributed by atoms with van der Waals surface area (Å²) in [5.41, 5.74) is 1.98. The lowest BCUT2D eigenvalue weighted by atomic mass is 10.3. The maximum atomic E-state index is 10.8. The molecule has 0 saturated carbocycles. The highest BCUT2D eigenvalue weighted by molar-refractivity contribution is 9.10. The zero-order valence-corrected chi connectivity index (χ0v) is 16.0. The number of halogens is 1. The van der Waals surface area contributed by atoms with Crippen molar-refractivity contribution in [3.63, 3.8) is 0 Å². The molecule has 2 N–H and O–H groups in total. The number of ether oxygens (including phenoxy) is 1. The van der Waals surface area contributed by atoms with E-state index in [1.54, 1.807) is 29.8 Å². The molecule has 3 heterocycles. The molecular weight excluding hydrogens is 432 g/mol. The molecule has 0 aliphatic rings. The average molecular weight is 445 g/mol. The van der Waals surface area contributed by atoms with Gasteiger partial charge in [0, 0.05) is 11.5 Å². The van der Waals surface area contributed by atoms with E-state index in [-0.39, 0.29) is 18.4 Å². The second kappa shape index (κ2) is 7.23. The number of imidazole rings is 1. The number of nitrogens with one attached hydrogen (secondary N) is 1. The van der Waals surface area contributed by atoms with Crippen molar-refractivity contribution in [3.8, 4) is 12.0 Å². The van der Waals surface area contributed by atoms with Crippen LogP contribution in [0.3, 0.4) is 0 Å². The van der Waals surface area contributed by atoms with E-state index in [2.05, 4.69) is 46.7 Å². The summed E-state index contributed by atoms with van der Waals surface area (Å²) in [5, 5.41) is 22.6. The first-order chi connectivity index (χ1) is 13.5. The highest BCUT2D eigenvalue weighted by atomic mass is 79.9. The smallest absolute Gasteiger partial charge is 0.410 e. The average Bonchev–Trinajstić information content (AvgIpc) is 3.23. The van der Waals surface area contributed by atoms with Crippen LogP contribution >= 0.6 is 15.9 Å². The molecule has 4 aromatic rings. The molecule has 0 unspecified atom stereocenters. The normalized spacial score (nSPS) is 10.9. The van der Waals surface area contributed by atoms with E-state index in [0.717, 1.165) is 9.99 Å². The molecule has 11 nitrogen and oxygen atoms in total. The number of benzene rings is 1. The molecule has 0 saturated heterocycles. The molecule has 4 rings (SSSR count). The van der Waals surface area contributed by atoms with Gasteiger partial charge in [0.1, 0.15) is 17.9 Å². The minimum absolute atomic E-state index is 0.0708. The molecule has 0 radical (unpaired) electrons. The number of carbonyl (C=O) groups is 1. The lowest BCUT2D eigenvalue weighted by Crippen LogP contribution is -2.11. The van der Waals surface area contributed by atoms with Crippen molar-refractivity contribution < 1.29 is 14.6 Å². The number of aromatic nitrogens is 7. The van der Waals surface area contributed by atoms with Crippen LogP contribution in [0.5, 0.6) is 6.01 Å². The third-order valence-electron chi connectivity index (χ3n) is 3.79. The Morgan fingerprint density at radius 3 is 2.82 bits per heavy atom. The van der Waals surface area contributed by atoms with Crippen molar-refractivity contribution in [2.24, 2.45) is 7.05 Å². The van der Waals surface area contributed by atoms with E-state index in [1.807, 2.05) is 18.2 Å². The fraction of sp³-hybridized carbons (Fsp3) is 0.125. The zero-order chi connectivity index (χ0) is 19.7. The molecule has 142 valence electrons. The topological polar surface area (TPSA) is 133 Å². The highest BCUT2D eigenvalue weighted by Crippen LogP contribution is 2.30. The van der Waals surface area contributed by atoms with Gasteiger partial charge in [-0.2, -0.15) is 4.98 Å². The van der Waals surface area contributed by atoms with Crippen LogP contribution in [0.1, 0.15) is 5.69 Å². The number of anilines is 1. The number of pyridine rings is 1. The minimum atomic E-state index is -1.19. The molecule has 28 heavy (non-hydrogen) atoms. The first-order valence-electron chi connectivity index (χ1n) is 8.01. The van der Waals surface area contributed by atoms with Gasteiger partial charge in [0.05, 0.1) is 11.2 Å². The van der Waals surface area contributed by atoms with Crippen LogP contribution in [-0.4, -0.2) is 45.9 Å². The Morgan fingerprint density at radius 1 is 1.25 bits per heavy atom. The molecule has 0 spiro atoms. The van der Waals surface area contributed by atoms with E-state index < -0.39 is 6.09 Å². The number of aryl methyl sites for hydroxylation is 1. The standard InChI is InChI=1S/C16H13BrN8O3/c1-24-14(21-22-23-24)25-11-6-3-5-10(17)13(11)20-15(25)28-8-9-4-2-7-12(18-9)19-16(26)27/h2-7H,8H2,1H3,(H,18,19)(H,26,27). The zero-order valence-electron chi connectivity index (χ0n) is 14.4. The Labute approximate surface area is 166 Å². The van der Waals surface area contributed by atoms with Gasteiger partial charge in [-0.1, -0.05) is 17.2 Å². The highest BCUT2D eigenvalue weighted by Gasteiger charge is 2.19. The number of tetrazole rings is 1. The molecule has 1 aromatic carbocycles. The number of para-hydroxylation sites is 1. The second-order valence-corrected chi connectivity index (χ2v) is 6.53. The Kier molecular flexibility index (Phi) is 4.61. The number of hydrogen-bond donors (Lipinski definition) is 2. The number of nitrogens with zero attached hydrogens (tertiary/aromatic N) is 7. The van der Waals surface area contributed by atoms with Crippen LogP contribution in [0.4, 0.5) is 10.6 Å². The summed E-state index contributed by atoms with van der Waals surface area (Å²) in [6.07, 6.45) is -1.19. The first-order valence-corrected chi connectivity index (χ1v) is 8.80. The van der Waals surface area contributed by atoms with E-state index in [4.69, 9.17) is 9.84 Å². The Balaban J connectivity index is 1.70. The van der Waals surface area contributed by atoms with Crippen molar-refractivity contribution in [2.45, 2.75) is 6.61 Å². The first kappa shape index (κ1) is 17.9. The van der Waals surface area contributed by atoms with Crippen LogP contribution in [0.15, 0.2) is 40.9 Å². The number of fused-ring (bicyclic) bond motifs is 1. The minimum Gasteiger partial charge on any atom is -0.465 e. The molecule has 3 aromatic heterocycles. The predicted molar refractivity (Wildman–Crippen MR) is 101 cm³/mol. The van der Waals surface area contributed by atoms with Gasteiger partial charge in [0.25, 0.3) is 5.95 Å². The van der Waals surface area contributed by atoms with Gasteiger partial charge >= 0.3 is 12.1 Å². The number of carboxylic acid groups (broad SMARTS) is 1. The summed E-state index contributed by atoms with van der Waals surface area (Å²) in [5.74, 6) is 0.646. The van der Waals surface area contributed by atoms with E-state index >= 15 is 0 Å². The summed E-state index contributed by atoms with van der Waals surface area (Å²) in [4.78, 5) is 19.5.